The van der Waals surface area contributed by atoms with Crippen LogP contribution in [-0.4, -0.2) is 49.6 Å². The van der Waals surface area contributed by atoms with Crippen LogP contribution >= 0.6 is 8.53 Å². The van der Waals surface area contributed by atoms with E-state index in [1.165, 1.54) is 13.1 Å². The van der Waals surface area contributed by atoms with Crippen LogP contribution in [0.3, 0.4) is 0 Å². The molecule has 6 N–H and O–H groups in total. The van der Waals surface area contributed by atoms with Gasteiger partial charge in [0, 0.05) is 11.8 Å². The molecule has 1 fully saturated rings. The maximum absolute atomic E-state index is 11.8. The molecule has 0 spiro atoms. The van der Waals surface area contributed by atoms with E-state index in [1.807, 2.05) is 0 Å². The van der Waals surface area contributed by atoms with Gasteiger partial charge >= 0.3 is 5.69 Å². The van der Waals surface area contributed by atoms with Crippen molar-refractivity contribution < 1.29 is 24.4 Å². The van der Waals surface area contributed by atoms with Gasteiger partial charge < -0.3 is 24.4 Å². The van der Waals surface area contributed by atoms with E-state index in [9.17, 15) is 19.8 Å². The van der Waals surface area contributed by atoms with Crippen LogP contribution in [0.5, 0.6) is 0 Å². The normalized spacial score (nSPS) is 30.5. The van der Waals surface area contributed by atoms with Crippen molar-refractivity contribution in [2.75, 3.05) is 6.61 Å². The van der Waals surface area contributed by atoms with Crippen molar-refractivity contribution in [3.05, 3.63) is 32.6 Å². The zero-order valence-corrected chi connectivity index (χ0v) is 11.9. The molecule has 0 radical (unpaired) electrons. The number of nitrogens with one attached hydrogen (secondary N) is 1. The lowest BCUT2D eigenvalue weighted by molar-refractivity contribution is -0.0515. The number of aromatic nitrogens is 2. The molecule has 0 saturated carbocycles. The van der Waals surface area contributed by atoms with Crippen LogP contribution in [0.4, 0.5) is 0 Å². The number of aliphatic hydroxyl groups is 2. The Labute approximate surface area is 119 Å². The van der Waals surface area contributed by atoms with Gasteiger partial charge in [0.25, 0.3) is 5.56 Å². The van der Waals surface area contributed by atoms with Crippen LogP contribution in [0, 0.1) is 6.92 Å². The zero-order chi connectivity index (χ0) is 15.7. The highest BCUT2D eigenvalue weighted by Crippen LogP contribution is 2.30. The third-order valence-corrected chi connectivity index (χ3v) is 3.54. The van der Waals surface area contributed by atoms with Gasteiger partial charge in [-0.2, -0.15) is 0 Å². The smallest absolute Gasteiger partial charge is 0.330 e. The second kappa shape index (κ2) is 6.32. The number of hydrogen-bond acceptors (Lipinski definition) is 8. The monoisotopic (exact) mass is 321 g/mol. The van der Waals surface area contributed by atoms with Crippen LogP contribution in [-0.2, 0) is 9.26 Å². The molecular formula is C10H16N3O7P. The Balaban J connectivity index is 2.23. The minimum absolute atomic E-state index is 0.246. The Bertz CT molecular complexity index is 615. The third-order valence-electron chi connectivity index (χ3n) is 3.13. The van der Waals surface area contributed by atoms with Gasteiger partial charge in [0.05, 0.1) is 6.61 Å². The number of aromatic amines is 1. The molecule has 10 nitrogen and oxygen atoms in total. The van der Waals surface area contributed by atoms with E-state index in [-0.39, 0.29) is 12.2 Å². The van der Waals surface area contributed by atoms with Crippen molar-refractivity contribution in [1.29, 1.82) is 0 Å². The molecule has 0 bridgehead atoms. The standard InChI is InChI=1S/C10H16N3O7P/c1-4-2-13(10(17)12-8(4)16)9-7(15)6(14)5(20-9)3-19-21(11)18/h2,5-7,9,14-15,18H,3,11H2,1H3,(H,12,16,17)/t5-,6-,7-,9-,21?/m1/s1. The fourth-order valence-electron chi connectivity index (χ4n) is 2.02. The first kappa shape index (κ1) is 16.2. The van der Waals surface area contributed by atoms with Crippen molar-refractivity contribution in [2.24, 2.45) is 5.50 Å². The van der Waals surface area contributed by atoms with Gasteiger partial charge in [-0.3, -0.25) is 19.8 Å². The highest BCUT2D eigenvalue weighted by atomic mass is 31.2. The number of nitrogens with two attached hydrogens (primary N) is 1. The summed E-state index contributed by atoms with van der Waals surface area (Å²) in [5, 5.41) is 19.8. The summed E-state index contributed by atoms with van der Waals surface area (Å²) in [5.41, 5.74) is 4.00. The lowest BCUT2D eigenvalue weighted by Gasteiger charge is -2.17. The number of H-pyrrole nitrogens is 1. The van der Waals surface area contributed by atoms with E-state index in [0.717, 1.165) is 4.57 Å². The molecule has 1 aromatic heterocycles. The summed E-state index contributed by atoms with van der Waals surface area (Å²) >= 11 is 0. The fraction of sp³-hybridized carbons (Fsp3) is 0.600. The molecule has 1 aliphatic heterocycles. The predicted octanol–water partition coefficient (Wildman–Crippen LogP) is -2.34. The second-order valence-corrected chi connectivity index (χ2v) is 5.49. The number of hydrogen-bond donors (Lipinski definition) is 5. The lowest BCUT2D eigenvalue weighted by Crippen LogP contribution is -2.38. The average Bonchev–Trinajstić information content (AvgIpc) is 2.68. The first-order valence-corrected chi connectivity index (χ1v) is 7.29. The van der Waals surface area contributed by atoms with E-state index >= 15 is 0 Å². The van der Waals surface area contributed by atoms with Crippen LogP contribution < -0.4 is 16.8 Å². The van der Waals surface area contributed by atoms with Crippen LogP contribution in [0.25, 0.3) is 0 Å². The Morgan fingerprint density at radius 3 is 2.76 bits per heavy atom. The molecule has 11 heteroatoms. The minimum atomic E-state index is -2.12. The Kier molecular flexibility index (Phi) is 4.89. The topological polar surface area (TPSA) is 160 Å². The number of nitrogens with zero attached hydrogens (tertiary/aromatic N) is 1. The summed E-state index contributed by atoms with van der Waals surface area (Å²) in [6.45, 7) is 1.24. The summed E-state index contributed by atoms with van der Waals surface area (Å²) in [5.74, 6) is 0. The highest BCUT2D eigenvalue weighted by molar-refractivity contribution is 7.43. The summed E-state index contributed by atoms with van der Waals surface area (Å²) in [7, 11) is -2.12. The number of aliphatic hydroxyl groups excluding tert-OH is 2. The van der Waals surface area contributed by atoms with Gasteiger partial charge in [-0.15, -0.1) is 0 Å². The Morgan fingerprint density at radius 1 is 1.48 bits per heavy atom. The molecule has 5 atom stereocenters. The lowest BCUT2D eigenvalue weighted by atomic mass is 10.1. The van der Waals surface area contributed by atoms with Crippen LogP contribution in [0.1, 0.15) is 11.8 Å². The quantitative estimate of drug-likeness (QED) is 0.386. The second-order valence-electron chi connectivity index (χ2n) is 4.62. The van der Waals surface area contributed by atoms with Crippen LogP contribution in [0.2, 0.25) is 0 Å². The molecule has 21 heavy (non-hydrogen) atoms. The maximum Gasteiger partial charge on any atom is 0.330 e. The SMILES string of the molecule is Cc1cn([C@@H]2O[C@H](COP(N)O)[C@@H](O)[C@H]2O)c(=O)[nH]c1=O. The summed E-state index contributed by atoms with van der Waals surface area (Å²) in [6.07, 6.45) is -3.65. The van der Waals surface area contributed by atoms with E-state index < -0.39 is 44.3 Å². The molecular weight excluding hydrogens is 305 g/mol. The summed E-state index contributed by atoms with van der Waals surface area (Å²) in [6, 6.07) is 0. The molecule has 2 rings (SSSR count). The molecule has 0 aromatic carbocycles. The van der Waals surface area contributed by atoms with Crippen LogP contribution in [0.15, 0.2) is 15.8 Å². The van der Waals surface area contributed by atoms with Gasteiger partial charge in [-0.1, -0.05) is 0 Å². The average molecular weight is 321 g/mol. The minimum Gasteiger partial charge on any atom is -0.387 e. The van der Waals surface area contributed by atoms with Crippen molar-refractivity contribution >= 4 is 8.53 Å². The number of rotatable bonds is 4. The Morgan fingerprint density at radius 2 is 2.14 bits per heavy atom. The van der Waals surface area contributed by atoms with E-state index in [4.69, 9.17) is 19.7 Å². The van der Waals surface area contributed by atoms with Crippen molar-refractivity contribution in [3.63, 3.8) is 0 Å². The van der Waals surface area contributed by atoms with Crippen molar-refractivity contribution in [1.82, 2.24) is 9.55 Å². The summed E-state index contributed by atoms with van der Waals surface area (Å²) in [4.78, 5) is 34.0. The summed E-state index contributed by atoms with van der Waals surface area (Å²) < 4.78 is 11.1. The molecule has 1 saturated heterocycles. The fourth-order valence-corrected chi connectivity index (χ4v) is 2.32. The molecule has 1 aromatic rings. The molecule has 0 amide bonds. The van der Waals surface area contributed by atoms with Gasteiger partial charge in [0.15, 0.2) is 6.23 Å². The molecule has 1 unspecified atom stereocenters. The molecule has 118 valence electrons. The van der Waals surface area contributed by atoms with Gasteiger partial charge in [0.2, 0.25) is 8.53 Å². The molecule has 1 aliphatic rings. The number of ether oxygens (including phenoxy) is 1. The van der Waals surface area contributed by atoms with Gasteiger partial charge in [-0.25, -0.2) is 4.79 Å². The largest absolute Gasteiger partial charge is 0.387 e. The van der Waals surface area contributed by atoms with E-state index in [1.54, 1.807) is 0 Å². The van der Waals surface area contributed by atoms with Crippen molar-refractivity contribution in [3.8, 4) is 0 Å². The zero-order valence-electron chi connectivity index (χ0n) is 11.0. The number of aryl methyl sites for hydroxylation is 1. The van der Waals surface area contributed by atoms with Gasteiger partial charge in [0.1, 0.15) is 18.3 Å². The Hall–Kier alpha value is -1.13. The van der Waals surface area contributed by atoms with E-state index in [2.05, 4.69) is 4.98 Å². The first-order valence-electron chi connectivity index (χ1n) is 6.01. The highest BCUT2D eigenvalue weighted by Gasteiger charge is 2.44. The third kappa shape index (κ3) is 3.38. The molecule has 2 heterocycles. The first-order chi connectivity index (χ1) is 9.81. The van der Waals surface area contributed by atoms with E-state index in [0.29, 0.717) is 0 Å². The predicted molar refractivity (Wildman–Crippen MR) is 71.3 cm³/mol. The maximum atomic E-state index is 11.8. The van der Waals surface area contributed by atoms with Crippen molar-refractivity contribution in [2.45, 2.75) is 31.5 Å². The van der Waals surface area contributed by atoms with Gasteiger partial charge in [-0.05, 0) is 6.92 Å². The molecule has 0 aliphatic carbocycles.